The standard InChI is InChI=1S/C53H58BrN7O5Si/c1-36-49(67(3,4)43-22-20-42(65-2)21-23-43)48(25-30-58-33-46(56-57-58)44(34-62)38-11-7-5-8-12-38)66-53(36)45-31-39(54)17-24-47(45)59(51(53)64)32-37-15-18-40(19-16-37)60-35-61(41-13-9-6-10-14-41)52(50(60)63)26-28-55-29-27-52/h5-24,31,33,36,44,48-49,55,62H,25-30,32,34-35H2,1-4H3/t36-,44?,48+,49-,53+/m1/s1. The van der Waals surface area contributed by atoms with Crippen LogP contribution in [0.25, 0.3) is 0 Å². The van der Waals surface area contributed by atoms with Crippen LogP contribution in [-0.2, 0) is 33.0 Å². The van der Waals surface area contributed by atoms with Gasteiger partial charge in [-0.2, -0.15) is 0 Å². The van der Waals surface area contributed by atoms with Gasteiger partial charge in [-0.05, 0) is 104 Å². The number of rotatable bonds is 13. The fraction of sp³-hybridized carbons (Fsp3) is 0.358. The van der Waals surface area contributed by atoms with E-state index in [4.69, 9.17) is 9.47 Å². The number of ether oxygens (including phenoxy) is 2. The van der Waals surface area contributed by atoms with E-state index >= 15 is 4.79 Å². The monoisotopic (exact) mass is 979 g/mol. The molecule has 3 saturated heterocycles. The van der Waals surface area contributed by atoms with Crippen LogP contribution in [0.5, 0.6) is 5.75 Å². The molecule has 346 valence electrons. The van der Waals surface area contributed by atoms with Crippen LogP contribution in [-0.4, -0.2) is 85.1 Å². The maximum atomic E-state index is 15.6. The van der Waals surface area contributed by atoms with Crippen LogP contribution in [0.2, 0.25) is 18.6 Å². The number of halogens is 1. The first kappa shape index (κ1) is 45.2. The number of aliphatic hydroxyl groups is 1. The highest BCUT2D eigenvalue weighted by Crippen LogP contribution is 2.60. The maximum Gasteiger partial charge on any atom is 0.264 e. The molecule has 6 aromatic rings. The third-order valence-corrected chi connectivity index (χ3v) is 20.1. The number of carbonyl (C=O) groups is 2. The first-order valence-electron chi connectivity index (χ1n) is 23.4. The first-order chi connectivity index (χ1) is 32.5. The summed E-state index contributed by atoms with van der Waals surface area (Å²) in [6.45, 7) is 9.83. The predicted octanol–water partition coefficient (Wildman–Crippen LogP) is 7.96. The molecule has 2 N–H and O–H groups in total. The average molecular weight is 981 g/mol. The molecule has 10 rings (SSSR count). The van der Waals surface area contributed by atoms with E-state index in [1.807, 2.05) is 106 Å². The summed E-state index contributed by atoms with van der Waals surface area (Å²) in [5, 5.41) is 24.2. The molecule has 5 atom stereocenters. The summed E-state index contributed by atoms with van der Waals surface area (Å²) in [6, 6.07) is 42.8. The molecular weight excluding hydrogens is 923 g/mol. The molecule has 4 aliphatic rings. The van der Waals surface area contributed by atoms with E-state index in [1.54, 1.807) is 7.11 Å². The topological polar surface area (TPSA) is 125 Å². The van der Waals surface area contributed by atoms with Gasteiger partial charge < -0.3 is 29.7 Å². The van der Waals surface area contributed by atoms with E-state index in [1.165, 1.54) is 5.19 Å². The number of amides is 2. The Bertz CT molecular complexity index is 2730. The number of aromatic nitrogens is 3. The summed E-state index contributed by atoms with van der Waals surface area (Å²) in [7, 11) is -0.728. The Morgan fingerprint density at radius 2 is 1.60 bits per heavy atom. The number of para-hydroxylation sites is 1. The van der Waals surface area contributed by atoms with E-state index in [0.29, 0.717) is 31.9 Å². The summed E-state index contributed by atoms with van der Waals surface area (Å²) < 4.78 is 15.7. The van der Waals surface area contributed by atoms with E-state index in [-0.39, 0.29) is 41.9 Å². The van der Waals surface area contributed by atoms with Crippen molar-refractivity contribution in [2.75, 3.05) is 48.2 Å². The molecule has 67 heavy (non-hydrogen) atoms. The average Bonchev–Trinajstić information content (AvgIpc) is 4.08. The van der Waals surface area contributed by atoms with Gasteiger partial charge in [-0.15, -0.1) is 5.10 Å². The Balaban J connectivity index is 0.949. The number of piperidine rings is 1. The summed E-state index contributed by atoms with van der Waals surface area (Å²) in [6.07, 6.45) is 3.72. The number of fused-ring (bicyclic) bond motifs is 2. The molecule has 5 aromatic carbocycles. The minimum Gasteiger partial charge on any atom is -0.497 e. The first-order valence-corrected chi connectivity index (χ1v) is 27.3. The van der Waals surface area contributed by atoms with Crippen molar-refractivity contribution in [1.29, 1.82) is 0 Å². The SMILES string of the molecule is COc1ccc([Si](C)(C)[C@H]2[C@H](CCn3cc(C(CO)c4ccccc4)nn3)O[C@@]3(C(=O)N(Cc4ccc(N5CN(c6ccccc6)C6(CCNCC6)C5=O)cc4)c4ccc(Br)cc43)[C@@H]2C)cc1. The molecule has 2 amide bonds. The second kappa shape index (κ2) is 18.1. The number of nitrogens with one attached hydrogen (secondary N) is 1. The summed E-state index contributed by atoms with van der Waals surface area (Å²) in [5.74, 6) is 0.388. The lowest BCUT2D eigenvalue weighted by atomic mass is 9.82. The molecule has 14 heteroatoms. The summed E-state index contributed by atoms with van der Waals surface area (Å²) >= 11 is 3.77. The fourth-order valence-corrected chi connectivity index (χ4v) is 16.2. The van der Waals surface area contributed by atoms with Crippen molar-refractivity contribution >= 4 is 58.1 Å². The number of hydrogen-bond donors (Lipinski definition) is 2. The van der Waals surface area contributed by atoms with Crippen LogP contribution in [0.15, 0.2) is 138 Å². The van der Waals surface area contributed by atoms with Gasteiger partial charge >= 0.3 is 0 Å². The highest BCUT2D eigenvalue weighted by Gasteiger charge is 2.66. The molecule has 12 nitrogen and oxygen atoms in total. The maximum absolute atomic E-state index is 15.6. The van der Waals surface area contributed by atoms with Gasteiger partial charge in [0.1, 0.15) is 11.3 Å². The van der Waals surface area contributed by atoms with Crippen molar-refractivity contribution in [2.24, 2.45) is 5.92 Å². The van der Waals surface area contributed by atoms with Gasteiger partial charge in [0.15, 0.2) is 5.60 Å². The normalized spacial score (nSPS) is 22.8. The Labute approximate surface area is 402 Å². The van der Waals surface area contributed by atoms with Gasteiger partial charge in [-0.3, -0.25) is 19.2 Å². The lowest BCUT2D eigenvalue weighted by Crippen LogP contribution is -2.55. The van der Waals surface area contributed by atoms with Crippen LogP contribution < -0.4 is 29.9 Å². The molecule has 5 heterocycles. The number of methoxy groups -OCH3 is 1. The number of benzene rings is 5. The van der Waals surface area contributed by atoms with Crippen molar-refractivity contribution in [3.8, 4) is 5.75 Å². The van der Waals surface area contributed by atoms with E-state index in [2.05, 4.69) is 98.9 Å². The fourth-order valence-electron chi connectivity index (χ4n) is 11.7. The molecule has 3 fully saturated rings. The van der Waals surface area contributed by atoms with Crippen molar-refractivity contribution < 1.29 is 24.2 Å². The van der Waals surface area contributed by atoms with E-state index in [9.17, 15) is 9.90 Å². The molecule has 0 saturated carbocycles. The van der Waals surface area contributed by atoms with Crippen LogP contribution in [0.1, 0.15) is 54.5 Å². The van der Waals surface area contributed by atoms with Crippen LogP contribution in [0, 0.1) is 5.92 Å². The molecule has 1 aromatic heterocycles. The smallest absolute Gasteiger partial charge is 0.264 e. The second-order valence-corrected chi connectivity index (χ2v) is 24.7. The number of anilines is 3. The second-order valence-electron chi connectivity index (χ2n) is 19.1. The third-order valence-electron chi connectivity index (χ3n) is 15.3. The predicted molar refractivity (Wildman–Crippen MR) is 267 cm³/mol. The van der Waals surface area contributed by atoms with E-state index in [0.717, 1.165) is 69.9 Å². The third kappa shape index (κ3) is 7.80. The minimum absolute atomic E-state index is 0.0325. The van der Waals surface area contributed by atoms with Crippen LogP contribution >= 0.6 is 15.9 Å². The van der Waals surface area contributed by atoms with Gasteiger partial charge in [-0.25, -0.2) is 0 Å². The molecule has 1 unspecified atom stereocenters. The van der Waals surface area contributed by atoms with Gasteiger partial charge in [0.05, 0.1) is 58.4 Å². The molecule has 0 aliphatic carbocycles. The van der Waals surface area contributed by atoms with Crippen LogP contribution in [0.3, 0.4) is 0 Å². The Hall–Kier alpha value is -5.64. The number of aliphatic hydroxyl groups excluding tert-OH is 1. The summed E-state index contributed by atoms with van der Waals surface area (Å²) in [4.78, 5) is 36.1. The zero-order chi connectivity index (χ0) is 46.5. The molecular formula is C53H58BrN7O5Si. The highest BCUT2D eigenvalue weighted by molar-refractivity contribution is 9.10. The zero-order valence-corrected chi connectivity index (χ0v) is 41.1. The highest BCUT2D eigenvalue weighted by atomic mass is 79.9. The van der Waals surface area contributed by atoms with Gasteiger partial charge in [-0.1, -0.05) is 119 Å². The molecule has 0 radical (unpaired) electrons. The van der Waals surface area contributed by atoms with Crippen molar-refractivity contribution in [3.63, 3.8) is 0 Å². The lowest BCUT2D eigenvalue weighted by Gasteiger charge is -2.39. The molecule has 0 bridgehead atoms. The van der Waals surface area contributed by atoms with Crippen molar-refractivity contribution in [1.82, 2.24) is 20.3 Å². The molecule has 2 spiro atoms. The van der Waals surface area contributed by atoms with Crippen molar-refractivity contribution in [2.45, 2.75) is 81.1 Å². The van der Waals surface area contributed by atoms with Crippen LogP contribution in [0.4, 0.5) is 17.1 Å². The Morgan fingerprint density at radius 1 is 0.896 bits per heavy atom. The Kier molecular flexibility index (Phi) is 12.2. The zero-order valence-electron chi connectivity index (χ0n) is 38.5. The van der Waals surface area contributed by atoms with Gasteiger partial charge in [0, 0.05) is 40.1 Å². The Morgan fingerprint density at radius 3 is 2.28 bits per heavy atom. The molecule has 4 aliphatic heterocycles. The van der Waals surface area contributed by atoms with Gasteiger partial charge in [0.25, 0.3) is 11.8 Å². The minimum atomic E-state index is -2.41. The number of aryl methyl sites for hydroxylation is 1. The quantitative estimate of drug-likeness (QED) is 0.111. The van der Waals surface area contributed by atoms with Gasteiger partial charge in [0.2, 0.25) is 0 Å². The number of carbonyl (C=O) groups excluding carboxylic acids is 2. The number of hydrogen-bond acceptors (Lipinski definition) is 9. The van der Waals surface area contributed by atoms with Crippen molar-refractivity contribution in [3.05, 3.63) is 160 Å². The lowest BCUT2D eigenvalue weighted by molar-refractivity contribution is -0.146. The van der Waals surface area contributed by atoms with E-state index < -0.39 is 19.2 Å². The number of nitrogens with zero attached hydrogens (tertiary/aromatic N) is 6. The largest absolute Gasteiger partial charge is 0.497 e. The summed E-state index contributed by atoms with van der Waals surface area (Å²) in [5.41, 5.74) is 4.44.